The van der Waals surface area contributed by atoms with E-state index >= 15 is 0 Å². The summed E-state index contributed by atoms with van der Waals surface area (Å²) in [6.07, 6.45) is 1.02. The molecule has 3 rings (SSSR count). The van der Waals surface area contributed by atoms with Crippen LogP contribution in [0.4, 0.5) is 5.69 Å². The summed E-state index contributed by atoms with van der Waals surface area (Å²) in [5.74, 6) is 0.309. The van der Waals surface area contributed by atoms with Gasteiger partial charge in [0.1, 0.15) is 0 Å². The Morgan fingerprint density at radius 2 is 2.11 bits per heavy atom. The highest BCUT2D eigenvalue weighted by Gasteiger charge is 2.23. The quantitative estimate of drug-likeness (QED) is 0.545. The first-order valence-electron chi connectivity index (χ1n) is 8.91. The van der Waals surface area contributed by atoms with Crippen molar-refractivity contribution in [2.24, 2.45) is 10.7 Å². The number of anilines is 1. The summed E-state index contributed by atoms with van der Waals surface area (Å²) in [5.41, 5.74) is 7.95. The molecule has 2 aromatic rings. The number of carbonyl (C=O) groups excluding carboxylic acids is 1. The van der Waals surface area contributed by atoms with Crippen LogP contribution in [0.2, 0.25) is 5.02 Å². The molecule has 0 aromatic heterocycles. The van der Waals surface area contributed by atoms with E-state index in [1.807, 2.05) is 30.3 Å². The maximum Gasteiger partial charge on any atom is 0.248 e. The van der Waals surface area contributed by atoms with E-state index < -0.39 is 5.91 Å². The SMILES string of the molecule is CN=C(NCc1cccc(C(N)=O)c1)NC1CCN(c2cccc(Cl)c2)C1. The molecule has 7 heteroatoms. The van der Waals surface area contributed by atoms with Gasteiger partial charge in [-0.1, -0.05) is 29.8 Å². The molecule has 2 aromatic carbocycles. The monoisotopic (exact) mass is 385 g/mol. The average molecular weight is 386 g/mol. The largest absolute Gasteiger partial charge is 0.369 e. The Bertz CT molecular complexity index is 839. The third-order valence-corrected chi connectivity index (χ3v) is 4.83. The highest BCUT2D eigenvalue weighted by molar-refractivity contribution is 6.30. The Morgan fingerprint density at radius 1 is 1.30 bits per heavy atom. The lowest BCUT2D eigenvalue weighted by molar-refractivity contribution is 0.1000. The van der Waals surface area contributed by atoms with Gasteiger partial charge in [-0.15, -0.1) is 0 Å². The number of nitrogens with one attached hydrogen (secondary N) is 2. The molecule has 27 heavy (non-hydrogen) atoms. The second-order valence-electron chi connectivity index (χ2n) is 6.55. The molecule has 0 saturated carbocycles. The molecule has 142 valence electrons. The van der Waals surface area contributed by atoms with Crippen molar-refractivity contribution in [2.75, 3.05) is 25.0 Å². The van der Waals surface area contributed by atoms with Gasteiger partial charge < -0.3 is 21.3 Å². The molecule has 1 fully saturated rings. The fourth-order valence-electron chi connectivity index (χ4n) is 3.19. The topological polar surface area (TPSA) is 82.7 Å². The zero-order chi connectivity index (χ0) is 19.2. The fraction of sp³-hybridized carbons (Fsp3) is 0.300. The fourth-order valence-corrected chi connectivity index (χ4v) is 3.38. The predicted molar refractivity (Wildman–Crippen MR) is 110 cm³/mol. The summed E-state index contributed by atoms with van der Waals surface area (Å²) in [6, 6.07) is 15.5. The third-order valence-electron chi connectivity index (χ3n) is 4.60. The summed E-state index contributed by atoms with van der Waals surface area (Å²) in [4.78, 5) is 17.9. The van der Waals surface area contributed by atoms with Crippen molar-refractivity contribution in [3.63, 3.8) is 0 Å². The first-order valence-corrected chi connectivity index (χ1v) is 9.29. The Balaban J connectivity index is 1.54. The smallest absolute Gasteiger partial charge is 0.248 e. The molecule has 1 unspecified atom stereocenters. The Hall–Kier alpha value is -2.73. The number of guanidine groups is 1. The van der Waals surface area contributed by atoms with Crippen LogP contribution in [0.15, 0.2) is 53.5 Å². The van der Waals surface area contributed by atoms with Gasteiger partial charge in [0.05, 0.1) is 0 Å². The van der Waals surface area contributed by atoms with Gasteiger partial charge in [-0.3, -0.25) is 9.79 Å². The maximum absolute atomic E-state index is 11.3. The molecule has 1 aliphatic rings. The number of nitrogens with two attached hydrogens (primary N) is 1. The molecular formula is C20H24ClN5O. The minimum atomic E-state index is -0.425. The van der Waals surface area contributed by atoms with E-state index in [2.05, 4.69) is 26.6 Å². The molecule has 0 spiro atoms. The molecule has 6 nitrogen and oxygen atoms in total. The van der Waals surface area contributed by atoms with E-state index in [0.29, 0.717) is 18.2 Å². The zero-order valence-corrected chi connectivity index (χ0v) is 16.0. The van der Waals surface area contributed by atoms with Crippen LogP contribution in [0, 0.1) is 0 Å². The Kier molecular flexibility index (Phi) is 6.19. The Labute approximate surface area is 164 Å². The summed E-state index contributed by atoms with van der Waals surface area (Å²) < 4.78 is 0. The van der Waals surface area contributed by atoms with Crippen LogP contribution in [-0.2, 0) is 6.54 Å². The van der Waals surface area contributed by atoms with Gasteiger partial charge in [-0.2, -0.15) is 0 Å². The number of amides is 1. The molecule has 1 heterocycles. The molecular weight excluding hydrogens is 362 g/mol. The van der Waals surface area contributed by atoms with Gasteiger partial charge in [-0.05, 0) is 42.3 Å². The van der Waals surface area contributed by atoms with Crippen molar-refractivity contribution in [3.05, 3.63) is 64.7 Å². The number of aliphatic imine (C=N–C) groups is 1. The lowest BCUT2D eigenvalue weighted by Crippen LogP contribution is -2.44. The number of benzene rings is 2. The summed E-state index contributed by atoms with van der Waals surface area (Å²) in [7, 11) is 1.75. The van der Waals surface area contributed by atoms with Gasteiger partial charge in [0, 0.05) is 49.0 Å². The highest BCUT2D eigenvalue weighted by Crippen LogP contribution is 2.23. The minimum absolute atomic E-state index is 0.298. The minimum Gasteiger partial charge on any atom is -0.369 e. The first kappa shape index (κ1) is 19.0. The van der Waals surface area contributed by atoms with Crippen molar-refractivity contribution in [3.8, 4) is 0 Å². The number of carbonyl (C=O) groups is 1. The number of primary amides is 1. The van der Waals surface area contributed by atoms with E-state index in [0.717, 1.165) is 41.7 Å². The molecule has 1 amide bonds. The van der Waals surface area contributed by atoms with Gasteiger partial charge in [0.2, 0.25) is 5.91 Å². The van der Waals surface area contributed by atoms with Crippen LogP contribution < -0.4 is 21.3 Å². The van der Waals surface area contributed by atoms with Gasteiger partial charge >= 0.3 is 0 Å². The second-order valence-corrected chi connectivity index (χ2v) is 6.98. The highest BCUT2D eigenvalue weighted by atomic mass is 35.5. The normalized spacial score (nSPS) is 17.0. The molecule has 0 radical (unpaired) electrons. The van der Waals surface area contributed by atoms with E-state index in [9.17, 15) is 4.79 Å². The summed E-state index contributed by atoms with van der Waals surface area (Å²) in [6.45, 7) is 2.42. The van der Waals surface area contributed by atoms with Gasteiger partial charge in [0.25, 0.3) is 0 Å². The third kappa shape index (κ3) is 5.14. The number of hydrogen-bond donors (Lipinski definition) is 3. The van der Waals surface area contributed by atoms with E-state index in [4.69, 9.17) is 17.3 Å². The van der Waals surface area contributed by atoms with Crippen LogP contribution in [0.1, 0.15) is 22.3 Å². The second kappa shape index (κ2) is 8.77. The van der Waals surface area contributed by atoms with E-state index in [1.54, 1.807) is 19.2 Å². The standard InChI is InChI=1S/C20H24ClN5O/c1-23-20(24-12-14-4-2-5-15(10-14)19(22)27)25-17-8-9-26(13-17)18-7-3-6-16(21)11-18/h2-7,10-11,17H,8-9,12-13H2,1H3,(H2,22,27)(H2,23,24,25). The van der Waals surface area contributed by atoms with Crippen LogP contribution in [0.5, 0.6) is 0 Å². The number of rotatable bonds is 5. The van der Waals surface area contributed by atoms with E-state index in [1.165, 1.54) is 0 Å². The van der Waals surface area contributed by atoms with Crippen LogP contribution in [0.3, 0.4) is 0 Å². The van der Waals surface area contributed by atoms with Crippen molar-refractivity contribution < 1.29 is 4.79 Å². The average Bonchev–Trinajstić information content (AvgIpc) is 3.14. The number of halogens is 1. The summed E-state index contributed by atoms with van der Waals surface area (Å²) >= 11 is 6.10. The van der Waals surface area contributed by atoms with Crippen LogP contribution in [-0.4, -0.2) is 38.0 Å². The molecule has 1 saturated heterocycles. The maximum atomic E-state index is 11.3. The van der Waals surface area contributed by atoms with Crippen molar-refractivity contribution >= 4 is 29.2 Å². The molecule has 1 atom stereocenters. The van der Waals surface area contributed by atoms with Crippen LogP contribution >= 0.6 is 11.6 Å². The lowest BCUT2D eigenvalue weighted by atomic mass is 10.1. The first-order chi connectivity index (χ1) is 13.0. The van der Waals surface area contributed by atoms with Crippen molar-refractivity contribution in [1.29, 1.82) is 0 Å². The number of nitrogens with zero attached hydrogens (tertiary/aromatic N) is 2. The molecule has 4 N–H and O–H groups in total. The molecule has 1 aliphatic heterocycles. The lowest BCUT2D eigenvalue weighted by Gasteiger charge is -2.20. The number of hydrogen-bond acceptors (Lipinski definition) is 3. The van der Waals surface area contributed by atoms with Crippen LogP contribution in [0.25, 0.3) is 0 Å². The van der Waals surface area contributed by atoms with E-state index in [-0.39, 0.29) is 0 Å². The van der Waals surface area contributed by atoms with Gasteiger partial charge in [-0.25, -0.2) is 0 Å². The van der Waals surface area contributed by atoms with Crippen molar-refractivity contribution in [1.82, 2.24) is 10.6 Å². The predicted octanol–water partition coefficient (Wildman–Crippen LogP) is 2.38. The zero-order valence-electron chi connectivity index (χ0n) is 15.3. The van der Waals surface area contributed by atoms with Gasteiger partial charge in [0.15, 0.2) is 5.96 Å². The van der Waals surface area contributed by atoms with Crippen molar-refractivity contribution in [2.45, 2.75) is 19.0 Å². The molecule has 0 aliphatic carbocycles. The summed E-state index contributed by atoms with van der Waals surface area (Å²) in [5, 5.41) is 7.50. The Morgan fingerprint density at radius 3 is 2.85 bits per heavy atom. The molecule has 0 bridgehead atoms.